The first kappa shape index (κ1) is 23.0. The van der Waals surface area contributed by atoms with Crippen LogP contribution in [0, 0.1) is 15.9 Å². The average molecular weight is 448 g/mol. The van der Waals surface area contributed by atoms with Crippen molar-refractivity contribution in [1.82, 2.24) is 10.2 Å². The molecule has 9 heteroatoms. The number of hydrogen-bond donors (Lipinski definition) is 1. The number of carbonyl (C=O) groups excluding carboxylic acids is 1. The lowest BCUT2D eigenvalue weighted by Crippen LogP contribution is -2.46. The Kier molecular flexibility index (Phi) is 7.86. The topological polar surface area (TPSA) is 84.7 Å². The summed E-state index contributed by atoms with van der Waals surface area (Å²) >= 11 is 1.38. The van der Waals surface area contributed by atoms with E-state index in [0.29, 0.717) is 6.54 Å². The fourth-order valence-corrected chi connectivity index (χ4v) is 4.40. The molecule has 31 heavy (non-hydrogen) atoms. The van der Waals surface area contributed by atoms with Gasteiger partial charge in [-0.3, -0.25) is 19.8 Å². The third-order valence-corrected chi connectivity index (χ3v) is 6.40. The summed E-state index contributed by atoms with van der Waals surface area (Å²) in [6.07, 6.45) is 1.67. The lowest BCUT2D eigenvalue weighted by molar-refractivity contribution is -0.384. The molecular weight excluding hydrogens is 421 g/mol. The van der Waals surface area contributed by atoms with Crippen LogP contribution in [0.15, 0.2) is 47.4 Å². The zero-order valence-corrected chi connectivity index (χ0v) is 18.4. The van der Waals surface area contributed by atoms with Gasteiger partial charge < -0.3 is 10.1 Å². The van der Waals surface area contributed by atoms with Gasteiger partial charge in [0.15, 0.2) is 11.6 Å². The first-order valence-corrected chi connectivity index (χ1v) is 11.0. The number of likely N-dealkylation sites (tertiary alicyclic amines) is 1. The number of hydrogen-bond acceptors (Lipinski definition) is 6. The highest BCUT2D eigenvalue weighted by atomic mass is 32.2. The number of nitro groups is 1. The van der Waals surface area contributed by atoms with Crippen molar-refractivity contribution < 1.29 is 18.8 Å². The summed E-state index contributed by atoms with van der Waals surface area (Å²) < 4.78 is 18.8. The van der Waals surface area contributed by atoms with Crippen LogP contribution in [0.5, 0.6) is 5.75 Å². The molecule has 0 spiro atoms. The predicted molar refractivity (Wildman–Crippen MR) is 118 cm³/mol. The molecule has 1 saturated heterocycles. The monoisotopic (exact) mass is 447 g/mol. The number of amides is 1. The molecule has 0 saturated carbocycles. The van der Waals surface area contributed by atoms with Crippen molar-refractivity contribution in [2.24, 2.45) is 0 Å². The number of rotatable bonds is 8. The van der Waals surface area contributed by atoms with E-state index in [1.165, 1.54) is 37.1 Å². The molecule has 2 aromatic carbocycles. The number of thioether (sulfide) groups is 1. The fourth-order valence-electron chi connectivity index (χ4n) is 3.52. The lowest BCUT2D eigenvalue weighted by atomic mass is 10.0. The number of nitrogens with one attached hydrogen (secondary N) is 1. The second-order valence-electron chi connectivity index (χ2n) is 7.54. The molecule has 1 amide bonds. The minimum atomic E-state index is -0.442. The highest BCUT2D eigenvalue weighted by Gasteiger charge is 2.23. The van der Waals surface area contributed by atoms with Gasteiger partial charge in [0.1, 0.15) is 0 Å². The van der Waals surface area contributed by atoms with Crippen molar-refractivity contribution in [2.75, 3.05) is 20.2 Å². The normalized spacial score (nSPS) is 16.0. The lowest BCUT2D eigenvalue weighted by Gasteiger charge is -2.32. The Morgan fingerprint density at radius 1 is 1.29 bits per heavy atom. The van der Waals surface area contributed by atoms with Crippen LogP contribution >= 0.6 is 11.8 Å². The van der Waals surface area contributed by atoms with E-state index in [1.54, 1.807) is 18.2 Å². The molecule has 0 radical (unpaired) electrons. The van der Waals surface area contributed by atoms with E-state index in [9.17, 15) is 19.3 Å². The van der Waals surface area contributed by atoms with Crippen LogP contribution in [-0.2, 0) is 11.3 Å². The SMILES string of the molecule is COc1ccc(CN2CCC(NC(=O)C(C)Sc3ccc([N+](=O)[O-])cc3)CC2)cc1F. The van der Waals surface area contributed by atoms with Crippen molar-refractivity contribution in [3.05, 3.63) is 64.0 Å². The van der Waals surface area contributed by atoms with Crippen LogP contribution in [0.2, 0.25) is 0 Å². The van der Waals surface area contributed by atoms with Gasteiger partial charge in [0, 0.05) is 42.7 Å². The third-order valence-electron chi connectivity index (χ3n) is 5.29. The number of nitro benzene ring substituents is 1. The molecule has 0 aromatic heterocycles. The Morgan fingerprint density at radius 2 is 1.97 bits per heavy atom. The van der Waals surface area contributed by atoms with Crippen molar-refractivity contribution in [2.45, 2.75) is 42.5 Å². The van der Waals surface area contributed by atoms with Crippen molar-refractivity contribution in [3.8, 4) is 5.75 Å². The van der Waals surface area contributed by atoms with Gasteiger partial charge in [-0.2, -0.15) is 0 Å². The van der Waals surface area contributed by atoms with E-state index in [-0.39, 0.29) is 34.5 Å². The van der Waals surface area contributed by atoms with Crippen LogP contribution < -0.4 is 10.1 Å². The van der Waals surface area contributed by atoms with Gasteiger partial charge in [0.25, 0.3) is 5.69 Å². The zero-order valence-electron chi connectivity index (χ0n) is 17.5. The number of carbonyl (C=O) groups is 1. The van der Waals surface area contributed by atoms with E-state index < -0.39 is 4.92 Å². The van der Waals surface area contributed by atoms with E-state index in [2.05, 4.69) is 10.2 Å². The molecule has 0 aliphatic carbocycles. The summed E-state index contributed by atoms with van der Waals surface area (Å²) in [6.45, 7) is 4.13. The first-order valence-electron chi connectivity index (χ1n) is 10.1. The van der Waals surface area contributed by atoms with Gasteiger partial charge in [-0.15, -0.1) is 11.8 Å². The van der Waals surface area contributed by atoms with Gasteiger partial charge in [-0.05, 0) is 49.6 Å². The van der Waals surface area contributed by atoms with Gasteiger partial charge >= 0.3 is 0 Å². The number of benzene rings is 2. The summed E-state index contributed by atoms with van der Waals surface area (Å²) in [6, 6.07) is 11.3. The number of piperidine rings is 1. The maximum Gasteiger partial charge on any atom is 0.269 e. The van der Waals surface area contributed by atoms with E-state index >= 15 is 0 Å². The molecule has 1 N–H and O–H groups in total. The standard InChI is InChI=1S/C22H26FN3O4S/c1-15(31-19-6-4-18(5-7-19)26(28)29)22(27)24-17-9-11-25(12-10-17)14-16-3-8-21(30-2)20(23)13-16/h3-8,13,15,17H,9-12,14H2,1-2H3,(H,24,27). The Hall–Kier alpha value is -2.65. The Bertz CT molecular complexity index is 917. The quantitative estimate of drug-likeness (QED) is 0.374. The molecule has 7 nitrogen and oxygen atoms in total. The number of methoxy groups -OCH3 is 1. The molecule has 3 rings (SSSR count). The minimum absolute atomic E-state index is 0.0330. The Morgan fingerprint density at radius 3 is 2.55 bits per heavy atom. The average Bonchev–Trinajstić information content (AvgIpc) is 2.75. The molecule has 1 aliphatic heterocycles. The Labute approximate surface area is 185 Å². The molecule has 2 aromatic rings. The Balaban J connectivity index is 1.43. The number of nitrogens with zero attached hydrogens (tertiary/aromatic N) is 2. The highest BCUT2D eigenvalue weighted by molar-refractivity contribution is 8.00. The van der Waals surface area contributed by atoms with Gasteiger partial charge in [-0.25, -0.2) is 4.39 Å². The molecule has 1 fully saturated rings. The fraction of sp³-hybridized carbons (Fsp3) is 0.409. The summed E-state index contributed by atoms with van der Waals surface area (Å²) in [5.74, 6) is -0.161. The van der Waals surface area contributed by atoms with E-state index in [0.717, 1.165) is 36.4 Å². The molecule has 1 aliphatic rings. The predicted octanol–water partition coefficient (Wildman–Crippen LogP) is 4.00. The first-order chi connectivity index (χ1) is 14.9. The van der Waals surface area contributed by atoms with Crippen molar-refractivity contribution in [3.63, 3.8) is 0 Å². The van der Waals surface area contributed by atoms with Gasteiger partial charge in [0.2, 0.25) is 5.91 Å². The maximum atomic E-state index is 13.9. The van der Waals surface area contributed by atoms with Gasteiger partial charge in [-0.1, -0.05) is 6.07 Å². The smallest absolute Gasteiger partial charge is 0.269 e. The van der Waals surface area contributed by atoms with E-state index in [4.69, 9.17) is 4.74 Å². The summed E-state index contributed by atoms with van der Waals surface area (Å²) in [4.78, 5) is 25.9. The number of non-ortho nitro benzene ring substituents is 1. The molecule has 166 valence electrons. The van der Waals surface area contributed by atoms with Crippen molar-refractivity contribution in [1.29, 1.82) is 0 Å². The summed E-state index contributed by atoms with van der Waals surface area (Å²) in [5.41, 5.74) is 0.930. The van der Waals surface area contributed by atoms with Crippen molar-refractivity contribution >= 4 is 23.4 Å². The summed E-state index contributed by atoms with van der Waals surface area (Å²) in [7, 11) is 1.45. The van der Waals surface area contributed by atoms with Crippen LogP contribution in [0.1, 0.15) is 25.3 Å². The van der Waals surface area contributed by atoms with Crippen LogP contribution in [0.4, 0.5) is 10.1 Å². The largest absolute Gasteiger partial charge is 0.494 e. The molecule has 1 atom stereocenters. The van der Waals surface area contributed by atoms with Gasteiger partial charge in [0.05, 0.1) is 17.3 Å². The maximum absolute atomic E-state index is 13.9. The van der Waals surface area contributed by atoms with E-state index in [1.807, 2.05) is 13.0 Å². The second kappa shape index (κ2) is 10.6. The number of halogens is 1. The molecule has 0 bridgehead atoms. The third kappa shape index (κ3) is 6.41. The summed E-state index contributed by atoms with van der Waals surface area (Å²) in [5, 5.41) is 13.5. The van der Waals surface area contributed by atoms with Crippen LogP contribution in [0.3, 0.4) is 0 Å². The number of ether oxygens (including phenoxy) is 1. The second-order valence-corrected chi connectivity index (χ2v) is 8.95. The zero-order chi connectivity index (χ0) is 22.4. The molecule has 1 heterocycles. The molecular formula is C22H26FN3O4S. The molecule has 1 unspecified atom stereocenters. The minimum Gasteiger partial charge on any atom is -0.494 e. The highest BCUT2D eigenvalue weighted by Crippen LogP contribution is 2.26. The van der Waals surface area contributed by atoms with Crippen LogP contribution in [-0.4, -0.2) is 47.2 Å². The van der Waals surface area contributed by atoms with Crippen LogP contribution in [0.25, 0.3) is 0 Å².